The van der Waals surface area contributed by atoms with Crippen molar-refractivity contribution in [2.24, 2.45) is 23.7 Å². The van der Waals surface area contributed by atoms with E-state index in [1.807, 2.05) is 32.3 Å². The molecular formula is C28H46N5O3+. The number of carbonyl (C=O) groups is 2. The van der Waals surface area contributed by atoms with E-state index in [1.165, 1.54) is 0 Å². The van der Waals surface area contributed by atoms with Crippen LogP contribution in [-0.2, 0) is 9.59 Å². The molecule has 0 bridgehead atoms. The van der Waals surface area contributed by atoms with Crippen molar-refractivity contribution >= 4 is 11.8 Å². The van der Waals surface area contributed by atoms with Crippen LogP contribution in [0.3, 0.4) is 0 Å². The number of rotatable bonds is 6. The van der Waals surface area contributed by atoms with Crippen molar-refractivity contribution in [1.29, 1.82) is 0 Å². The number of benzene rings is 1. The first-order valence-corrected chi connectivity index (χ1v) is 13.5. The topological polar surface area (TPSA) is 73.9 Å². The van der Waals surface area contributed by atoms with Crippen LogP contribution < -0.4 is 15.5 Å². The van der Waals surface area contributed by atoms with Gasteiger partial charge >= 0.3 is 5.91 Å². The molecule has 0 aromatic heterocycles. The summed E-state index contributed by atoms with van der Waals surface area (Å²) < 4.78 is 6.09. The fraction of sp³-hybridized carbons (Fsp3) is 0.714. The van der Waals surface area contributed by atoms with Crippen molar-refractivity contribution in [3.8, 4) is 5.75 Å². The lowest BCUT2D eigenvalue weighted by molar-refractivity contribution is -0.845. The molecule has 0 saturated carbocycles. The van der Waals surface area contributed by atoms with Crippen LogP contribution in [0, 0.1) is 23.7 Å². The second-order valence-corrected chi connectivity index (χ2v) is 12.0. The first-order valence-electron chi connectivity index (χ1n) is 13.5. The van der Waals surface area contributed by atoms with E-state index in [9.17, 15) is 9.59 Å². The molecule has 7 unspecified atom stereocenters. The Morgan fingerprint density at radius 1 is 1.22 bits per heavy atom. The van der Waals surface area contributed by atoms with Crippen LogP contribution in [0.2, 0.25) is 0 Å². The van der Waals surface area contributed by atoms with Crippen molar-refractivity contribution in [2.45, 2.75) is 64.8 Å². The molecular weight excluding hydrogens is 454 g/mol. The maximum absolute atomic E-state index is 13.8. The minimum Gasteiger partial charge on any atom is -0.496 e. The zero-order chi connectivity index (χ0) is 26.4. The summed E-state index contributed by atoms with van der Waals surface area (Å²) in [6, 6.07) is 8.77. The second-order valence-electron chi connectivity index (χ2n) is 12.0. The SMILES string of the molecule is COc1ccccc1C1CC(C(=O)NCC2C(=O)[N+](C)(C)C(C)CC2C)C2CNN(C(C)C)C2N1C. The Morgan fingerprint density at radius 2 is 1.92 bits per heavy atom. The number of amides is 2. The van der Waals surface area contributed by atoms with E-state index < -0.39 is 0 Å². The van der Waals surface area contributed by atoms with Gasteiger partial charge in [-0.05, 0) is 46.2 Å². The van der Waals surface area contributed by atoms with Gasteiger partial charge in [0.15, 0.2) is 0 Å². The van der Waals surface area contributed by atoms with Crippen LogP contribution in [0.25, 0.3) is 0 Å². The smallest absolute Gasteiger partial charge is 0.318 e. The number of likely N-dealkylation sites (tertiary alicyclic amines) is 2. The van der Waals surface area contributed by atoms with E-state index in [0.717, 1.165) is 24.3 Å². The third kappa shape index (κ3) is 4.69. The van der Waals surface area contributed by atoms with Gasteiger partial charge in [-0.25, -0.2) is 9.80 Å². The average molecular weight is 501 g/mol. The number of quaternary nitrogens is 1. The molecule has 0 radical (unpaired) electrons. The standard InChI is InChI=1S/C28H45N5O3/c1-17(2)32-27-23(16-30-32)21(14-24(31(27)5)20-11-9-10-12-25(20)36-8)26(34)29-15-22-18(3)13-19(4)33(6,7)28(22)35/h9-12,17-19,21-24,27,30H,13-16H2,1-8H3/p+1. The van der Waals surface area contributed by atoms with Gasteiger partial charge in [-0.1, -0.05) is 25.1 Å². The fourth-order valence-electron chi connectivity index (χ4n) is 6.79. The lowest BCUT2D eigenvalue weighted by atomic mass is 9.77. The molecule has 1 aromatic rings. The number of carbonyl (C=O) groups excluding carboxylic acids is 2. The highest BCUT2D eigenvalue weighted by atomic mass is 16.5. The van der Waals surface area contributed by atoms with E-state index in [0.29, 0.717) is 29.5 Å². The Labute approximate surface area is 216 Å². The van der Waals surface area contributed by atoms with Crippen LogP contribution in [0.4, 0.5) is 0 Å². The van der Waals surface area contributed by atoms with E-state index in [4.69, 9.17) is 4.74 Å². The molecule has 36 heavy (non-hydrogen) atoms. The summed E-state index contributed by atoms with van der Waals surface area (Å²) in [6.07, 6.45) is 1.79. The van der Waals surface area contributed by atoms with Crippen LogP contribution in [0.15, 0.2) is 24.3 Å². The fourth-order valence-corrected chi connectivity index (χ4v) is 6.79. The molecule has 3 aliphatic heterocycles. The number of piperidine rings is 2. The number of nitrogens with one attached hydrogen (secondary N) is 2. The van der Waals surface area contributed by atoms with Crippen LogP contribution in [0.1, 0.15) is 52.1 Å². The van der Waals surface area contributed by atoms with Crippen molar-refractivity contribution in [1.82, 2.24) is 20.7 Å². The van der Waals surface area contributed by atoms with Crippen molar-refractivity contribution in [3.05, 3.63) is 29.8 Å². The molecule has 3 heterocycles. The summed E-state index contributed by atoms with van der Waals surface area (Å²) in [4.78, 5) is 29.5. The van der Waals surface area contributed by atoms with Gasteiger partial charge in [0.1, 0.15) is 5.75 Å². The van der Waals surface area contributed by atoms with Crippen LogP contribution in [0.5, 0.6) is 5.75 Å². The Bertz CT molecular complexity index is 966. The zero-order valence-electron chi connectivity index (χ0n) is 23.3. The number of hydrogen-bond acceptors (Lipinski definition) is 6. The van der Waals surface area contributed by atoms with Crippen molar-refractivity contribution < 1.29 is 18.8 Å². The zero-order valence-corrected chi connectivity index (χ0v) is 23.3. The number of para-hydroxylation sites is 1. The lowest BCUT2D eigenvalue weighted by Crippen LogP contribution is -2.62. The van der Waals surface area contributed by atoms with E-state index >= 15 is 0 Å². The molecule has 4 rings (SSSR count). The molecule has 3 saturated heterocycles. The maximum atomic E-state index is 13.8. The summed E-state index contributed by atoms with van der Waals surface area (Å²) in [7, 11) is 7.86. The van der Waals surface area contributed by atoms with Crippen molar-refractivity contribution in [2.75, 3.05) is 41.3 Å². The van der Waals surface area contributed by atoms with Gasteiger partial charge in [0, 0.05) is 49.0 Å². The first-order chi connectivity index (χ1) is 17.0. The van der Waals surface area contributed by atoms with Gasteiger partial charge in [0.05, 0.1) is 39.3 Å². The summed E-state index contributed by atoms with van der Waals surface area (Å²) in [5.41, 5.74) is 4.68. The third-order valence-electron chi connectivity index (χ3n) is 9.35. The molecule has 2 amide bonds. The Kier molecular flexibility index (Phi) is 7.81. The van der Waals surface area contributed by atoms with Crippen molar-refractivity contribution in [3.63, 3.8) is 0 Å². The Balaban J connectivity index is 1.57. The van der Waals surface area contributed by atoms with Gasteiger partial charge in [0.25, 0.3) is 0 Å². The van der Waals surface area contributed by atoms with E-state index in [1.54, 1.807) is 7.11 Å². The monoisotopic (exact) mass is 500 g/mol. The lowest BCUT2D eigenvalue weighted by Gasteiger charge is -2.48. The summed E-state index contributed by atoms with van der Waals surface area (Å²) in [5.74, 6) is 1.25. The average Bonchev–Trinajstić information content (AvgIpc) is 3.29. The molecule has 0 spiro atoms. The number of ether oxygens (including phenoxy) is 1. The van der Waals surface area contributed by atoms with E-state index in [2.05, 4.69) is 61.5 Å². The molecule has 8 heteroatoms. The largest absolute Gasteiger partial charge is 0.496 e. The summed E-state index contributed by atoms with van der Waals surface area (Å²) in [6.45, 7) is 9.84. The number of hydrogen-bond donors (Lipinski definition) is 2. The van der Waals surface area contributed by atoms with Gasteiger partial charge < -0.3 is 10.1 Å². The predicted octanol–water partition coefficient (Wildman–Crippen LogP) is 2.62. The van der Waals surface area contributed by atoms with Gasteiger partial charge in [-0.2, -0.15) is 0 Å². The minimum absolute atomic E-state index is 0.0472. The van der Waals surface area contributed by atoms with Crippen LogP contribution in [-0.4, -0.2) is 85.8 Å². The first kappa shape index (κ1) is 27.0. The molecule has 1 aromatic carbocycles. The second kappa shape index (κ2) is 10.4. The minimum atomic E-state index is -0.159. The maximum Gasteiger partial charge on any atom is 0.318 e. The number of fused-ring (bicyclic) bond motifs is 1. The Hall–Kier alpha value is -2.00. The quantitative estimate of drug-likeness (QED) is 0.585. The highest BCUT2D eigenvalue weighted by molar-refractivity contribution is 5.81. The summed E-state index contributed by atoms with van der Waals surface area (Å²) in [5, 5.41) is 5.53. The van der Waals surface area contributed by atoms with Gasteiger partial charge in [-0.15, -0.1) is 0 Å². The summed E-state index contributed by atoms with van der Waals surface area (Å²) >= 11 is 0. The van der Waals surface area contributed by atoms with Crippen LogP contribution >= 0.6 is 0 Å². The molecule has 3 aliphatic rings. The normalized spacial score (nSPS) is 35.0. The third-order valence-corrected chi connectivity index (χ3v) is 9.35. The molecule has 7 atom stereocenters. The molecule has 2 N–H and O–H groups in total. The predicted molar refractivity (Wildman–Crippen MR) is 141 cm³/mol. The number of hydrazine groups is 1. The number of methoxy groups -OCH3 is 1. The molecule has 0 aliphatic carbocycles. The van der Waals surface area contributed by atoms with E-state index in [-0.39, 0.29) is 47.7 Å². The molecule has 8 nitrogen and oxygen atoms in total. The Morgan fingerprint density at radius 3 is 2.58 bits per heavy atom. The highest BCUT2D eigenvalue weighted by Crippen LogP contribution is 2.45. The van der Waals surface area contributed by atoms with Gasteiger partial charge in [0.2, 0.25) is 5.91 Å². The van der Waals surface area contributed by atoms with Gasteiger partial charge in [-0.3, -0.25) is 19.6 Å². The number of nitrogens with zero attached hydrogens (tertiary/aromatic N) is 3. The molecule has 3 fully saturated rings. The highest BCUT2D eigenvalue weighted by Gasteiger charge is 2.52. The molecule has 200 valence electrons.